The monoisotopic (exact) mass is 291 g/mol. The highest BCUT2D eigenvalue weighted by molar-refractivity contribution is 14.1. The summed E-state index contributed by atoms with van der Waals surface area (Å²) >= 11 is 2.30. The number of allylic oxidation sites excluding steroid dienone is 3. The van der Waals surface area contributed by atoms with E-state index in [1.54, 1.807) is 0 Å². The lowest BCUT2D eigenvalue weighted by molar-refractivity contribution is -0.118. The molecule has 0 aliphatic heterocycles. The van der Waals surface area contributed by atoms with Crippen LogP contribution in [0.3, 0.4) is 0 Å². The van der Waals surface area contributed by atoms with E-state index in [4.69, 9.17) is 0 Å². The van der Waals surface area contributed by atoms with Crippen molar-refractivity contribution in [2.75, 3.05) is 0 Å². The van der Waals surface area contributed by atoms with Crippen molar-refractivity contribution in [3.8, 4) is 0 Å². The Morgan fingerprint density at radius 1 is 1.46 bits per heavy atom. The zero-order valence-corrected chi connectivity index (χ0v) is 10.1. The fourth-order valence-electron chi connectivity index (χ4n) is 1.16. The van der Waals surface area contributed by atoms with Gasteiger partial charge in [0.2, 0.25) is 5.91 Å². The number of halogens is 1. The largest absolute Gasteiger partial charge is 0.350 e. The van der Waals surface area contributed by atoms with Crippen LogP contribution in [0, 0.1) is 0 Å². The smallest absolute Gasteiger partial charge is 0.247 e. The highest BCUT2D eigenvalue weighted by atomic mass is 127. The van der Waals surface area contributed by atoms with Crippen molar-refractivity contribution >= 4 is 28.5 Å². The SMILES string of the molecule is CC(C)NC(=O)C1=CC=C(I)CC1. The molecule has 1 N–H and O–H groups in total. The highest BCUT2D eigenvalue weighted by Gasteiger charge is 2.12. The first kappa shape index (κ1) is 10.8. The summed E-state index contributed by atoms with van der Waals surface area (Å²) in [5.41, 5.74) is 0.897. The van der Waals surface area contributed by atoms with Gasteiger partial charge in [-0.3, -0.25) is 4.79 Å². The summed E-state index contributed by atoms with van der Waals surface area (Å²) in [6.07, 6.45) is 5.80. The van der Waals surface area contributed by atoms with E-state index in [2.05, 4.69) is 27.9 Å². The van der Waals surface area contributed by atoms with Crippen molar-refractivity contribution < 1.29 is 4.79 Å². The molecule has 0 bridgehead atoms. The van der Waals surface area contributed by atoms with Gasteiger partial charge in [-0.1, -0.05) is 12.2 Å². The summed E-state index contributed by atoms with van der Waals surface area (Å²) in [5, 5.41) is 2.89. The van der Waals surface area contributed by atoms with Gasteiger partial charge in [-0.25, -0.2) is 0 Å². The molecule has 0 aromatic carbocycles. The molecule has 13 heavy (non-hydrogen) atoms. The van der Waals surface area contributed by atoms with Crippen molar-refractivity contribution in [3.63, 3.8) is 0 Å². The van der Waals surface area contributed by atoms with Crippen LogP contribution in [0.2, 0.25) is 0 Å². The van der Waals surface area contributed by atoms with Crippen molar-refractivity contribution in [1.29, 1.82) is 0 Å². The van der Waals surface area contributed by atoms with Gasteiger partial charge >= 0.3 is 0 Å². The van der Waals surface area contributed by atoms with Crippen LogP contribution in [0.25, 0.3) is 0 Å². The summed E-state index contributed by atoms with van der Waals surface area (Å²) in [6, 6.07) is 0.221. The maximum Gasteiger partial charge on any atom is 0.247 e. The Balaban J connectivity index is 2.58. The van der Waals surface area contributed by atoms with Crippen LogP contribution in [0.15, 0.2) is 21.3 Å². The van der Waals surface area contributed by atoms with E-state index in [0.29, 0.717) is 0 Å². The predicted octanol–water partition coefficient (Wildman–Crippen LogP) is 2.55. The van der Waals surface area contributed by atoms with E-state index < -0.39 is 0 Å². The summed E-state index contributed by atoms with van der Waals surface area (Å²) in [5.74, 6) is 0.0788. The first-order valence-corrected chi connectivity index (χ1v) is 5.53. The van der Waals surface area contributed by atoms with E-state index in [1.807, 2.05) is 26.0 Å². The number of nitrogens with one attached hydrogen (secondary N) is 1. The van der Waals surface area contributed by atoms with E-state index >= 15 is 0 Å². The van der Waals surface area contributed by atoms with E-state index in [-0.39, 0.29) is 11.9 Å². The van der Waals surface area contributed by atoms with Crippen LogP contribution < -0.4 is 5.32 Å². The van der Waals surface area contributed by atoms with Crippen LogP contribution >= 0.6 is 22.6 Å². The zero-order chi connectivity index (χ0) is 9.84. The third-order valence-electron chi connectivity index (χ3n) is 1.81. The lowest BCUT2D eigenvalue weighted by Gasteiger charge is -2.13. The molecule has 0 saturated carbocycles. The molecule has 1 rings (SSSR count). The number of hydrogen-bond donors (Lipinski definition) is 1. The molecule has 0 heterocycles. The molecule has 0 aromatic heterocycles. The molecule has 1 aliphatic carbocycles. The third kappa shape index (κ3) is 3.50. The van der Waals surface area contributed by atoms with Gasteiger partial charge in [0.1, 0.15) is 0 Å². The molecule has 1 amide bonds. The Bertz CT molecular complexity index is 266. The minimum atomic E-state index is 0.0788. The Morgan fingerprint density at radius 2 is 2.15 bits per heavy atom. The van der Waals surface area contributed by atoms with Crippen LogP contribution in [0.5, 0.6) is 0 Å². The highest BCUT2D eigenvalue weighted by Crippen LogP contribution is 2.22. The molecule has 0 fully saturated rings. The molecule has 0 atom stereocenters. The Hall–Kier alpha value is -0.320. The minimum Gasteiger partial charge on any atom is -0.350 e. The Labute approximate surface area is 92.6 Å². The molecular weight excluding hydrogens is 277 g/mol. The van der Waals surface area contributed by atoms with E-state index in [1.165, 1.54) is 3.58 Å². The van der Waals surface area contributed by atoms with E-state index in [9.17, 15) is 4.79 Å². The summed E-state index contributed by atoms with van der Waals surface area (Å²) < 4.78 is 1.32. The van der Waals surface area contributed by atoms with Crippen molar-refractivity contribution in [3.05, 3.63) is 21.3 Å². The van der Waals surface area contributed by atoms with Gasteiger partial charge in [-0.15, -0.1) is 0 Å². The van der Waals surface area contributed by atoms with Crippen molar-refractivity contribution in [1.82, 2.24) is 5.32 Å². The maximum absolute atomic E-state index is 11.5. The Kier molecular flexibility index (Phi) is 3.96. The zero-order valence-electron chi connectivity index (χ0n) is 7.93. The summed E-state index contributed by atoms with van der Waals surface area (Å²) in [4.78, 5) is 11.5. The topological polar surface area (TPSA) is 29.1 Å². The molecule has 72 valence electrons. The molecule has 2 nitrogen and oxygen atoms in total. The van der Waals surface area contributed by atoms with Crippen molar-refractivity contribution in [2.45, 2.75) is 32.7 Å². The first-order chi connectivity index (χ1) is 6.09. The van der Waals surface area contributed by atoms with Crippen molar-refractivity contribution in [2.24, 2.45) is 0 Å². The van der Waals surface area contributed by atoms with Crippen LogP contribution in [-0.4, -0.2) is 11.9 Å². The molecule has 0 spiro atoms. The summed E-state index contributed by atoms with van der Waals surface area (Å²) in [6.45, 7) is 3.95. The second-order valence-electron chi connectivity index (χ2n) is 3.43. The fraction of sp³-hybridized carbons (Fsp3) is 0.500. The molecule has 1 aliphatic rings. The van der Waals surface area contributed by atoms with Gasteiger partial charge in [0.25, 0.3) is 0 Å². The molecule has 3 heteroatoms. The average Bonchev–Trinajstić information content (AvgIpc) is 2.04. The minimum absolute atomic E-state index is 0.0788. The maximum atomic E-state index is 11.5. The second-order valence-corrected chi connectivity index (χ2v) is 4.82. The average molecular weight is 291 g/mol. The number of carbonyl (C=O) groups excluding carboxylic acids is 1. The van der Waals surface area contributed by atoms with Gasteiger partial charge in [-0.2, -0.15) is 0 Å². The molecule has 0 saturated heterocycles. The standard InChI is InChI=1S/C10H14INO/c1-7(2)12-10(13)8-3-5-9(11)6-4-8/h3,5,7H,4,6H2,1-2H3,(H,12,13). The summed E-state index contributed by atoms with van der Waals surface area (Å²) in [7, 11) is 0. The van der Waals surface area contributed by atoms with Gasteiger partial charge < -0.3 is 5.32 Å². The fourth-order valence-corrected chi connectivity index (χ4v) is 1.61. The van der Waals surface area contributed by atoms with Crippen LogP contribution in [0.1, 0.15) is 26.7 Å². The molecular formula is C10H14INO. The molecule has 0 aromatic rings. The van der Waals surface area contributed by atoms with Gasteiger partial charge in [0, 0.05) is 11.6 Å². The third-order valence-corrected chi connectivity index (χ3v) is 2.71. The van der Waals surface area contributed by atoms with Gasteiger partial charge in [-0.05, 0) is 52.9 Å². The normalized spacial score (nSPS) is 16.6. The lowest BCUT2D eigenvalue weighted by Crippen LogP contribution is -2.31. The number of amides is 1. The van der Waals surface area contributed by atoms with Gasteiger partial charge in [0.15, 0.2) is 0 Å². The quantitative estimate of drug-likeness (QED) is 0.778. The number of rotatable bonds is 2. The second kappa shape index (κ2) is 4.79. The van der Waals surface area contributed by atoms with E-state index in [0.717, 1.165) is 18.4 Å². The van der Waals surface area contributed by atoms with Gasteiger partial charge in [0.05, 0.1) is 0 Å². The van der Waals surface area contributed by atoms with Crippen LogP contribution in [0.4, 0.5) is 0 Å². The number of hydrogen-bond acceptors (Lipinski definition) is 1. The number of carbonyl (C=O) groups is 1. The predicted molar refractivity (Wildman–Crippen MR) is 62.7 cm³/mol. The molecule has 0 radical (unpaired) electrons. The lowest BCUT2D eigenvalue weighted by atomic mass is 10.0. The van der Waals surface area contributed by atoms with Crippen LogP contribution in [-0.2, 0) is 4.79 Å². The first-order valence-electron chi connectivity index (χ1n) is 4.45. The Morgan fingerprint density at radius 3 is 2.62 bits per heavy atom. The molecule has 0 unspecified atom stereocenters.